The van der Waals surface area contributed by atoms with Gasteiger partial charge in [0.15, 0.2) is 5.15 Å². The first-order valence-corrected chi connectivity index (χ1v) is 6.85. The number of benzene rings is 1. The highest BCUT2D eigenvalue weighted by Gasteiger charge is 2.05. The summed E-state index contributed by atoms with van der Waals surface area (Å²) < 4.78 is 0. The summed E-state index contributed by atoms with van der Waals surface area (Å²) in [7, 11) is 0. The fourth-order valence-corrected chi connectivity index (χ4v) is 2.42. The van der Waals surface area contributed by atoms with Gasteiger partial charge in [-0.25, -0.2) is 4.98 Å². The monoisotopic (exact) mass is 291 g/mol. The number of hydrogen-bond acceptors (Lipinski definition) is 4. The van der Waals surface area contributed by atoms with Gasteiger partial charge in [0.1, 0.15) is 5.03 Å². The van der Waals surface area contributed by atoms with Gasteiger partial charge in [-0.05, 0) is 11.1 Å². The molecule has 0 amide bonds. The van der Waals surface area contributed by atoms with Crippen LogP contribution in [0.3, 0.4) is 0 Å². The second-order valence-corrected chi connectivity index (χ2v) is 4.96. The summed E-state index contributed by atoms with van der Waals surface area (Å²) in [6.07, 6.45) is 1.64. The molecule has 96 valence electrons. The van der Waals surface area contributed by atoms with E-state index in [-0.39, 0.29) is 11.7 Å². The van der Waals surface area contributed by atoms with Crippen molar-refractivity contribution in [2.45, 2.75) is 17.3 Å². The Labute approximate surface area is 119 Å². The predicted molar refractivity (Wildman–Crippen MR) is 75.9 cm³/mol. The molecule has 2 aromatic rings. The molecule has 0 aliphatic heterocycles. The van der Waals surface area contributed by atoms with E-state index in [1.807, 2.05) is 18.2 Å². The van der Waals surface area contributed by atoms with Crippen molar-refractivity contribution >= 4 is 23.4 Å². The lowest BCUT2D eigenvalue weighted by Crippen LogP contribution is -1.93. The van der Waals surface area contributed by atoms with Gasteiger partial charge in [-0.1, -0.05) is 47.0 Å². The van der Waals surface area contributed by atoms with Crippen LogP contribution in [0.25, 0.3) is 10.4 Å². The molecule has 19 heavy (non-hydrogen) atoms. The molecule has 5 nitrogen and oxygen atoms in total. The Kier molecular flexibility index (Phi) is 5.03. The van der Waals surface area contributed by atoms with Gasteiger partial charge in [0, 0.05) is 10.7 Å². The number of rotatable bonds is 5. The van der Waals surface area contributed by atoms with E-state index in [0.29, 0.717) is 5.69 Å². The molecule has 0 N–H and O–H groups in total. The van der Waals surface area contributed by atoms with Crippen molar-refractivity contribution in [1.29, 1.82) is 0 Å². The molecule has 0 radical (unpaired) electrons. The highest BCUT2D eigenvalue weighted by Crippen LogP contribution is 2.22. The van der Waals surface area contributed by atoms with Crippen LogP contribution in [0.4, 0.5) is 0 Å². The maximum atomic E-state index is 8.25. The summed E-state index contributed by atoms with van der Waals surface area (Å²) in [6.45, 7) is 0.117. The smallest absolute Gasteiger partial charge is 0.151 e. The maximum Gasteiger partial charge on any atom is 0.151 e. The third-order valence-electron chi connectivity index (χ3n) is 2.29. The van der Waals surface area contributed by atoms with E-state index in [9.17, 15) is 0 Å². The van der Waals surface area contributed by atoms with Gasteiger partial charge < -0.3 is 0 Å². The molecule has 0 bridgehead atoms. The highest BCUT2D eigenvalue weighted by molar-refractivity contribution is 7.98. The zero-order chi connectivity index (χ0) is 13.5. The van der Waals surface area contributed by atoms with Crippen molar-refractivity contribution in [3.05, 3.63) is 63.4 Å². The molecular formula is C12H10ClN5S. The zero-order valence-electron chi connectivity index (χ0n) is 9.90. The van der Waals surface area contributed by atoms with Crippen LogP contribution in [0, 0.1) is 0 Å². The van der Waals surface area contributed by atoms with E-state index in [2.05, 4.69) is 32.1 Å². The summed E-state index contributed by atoms with van der Waals surface area (Å²) in [6, 6.07) is 10.1. The number of nitrogens with zero attached hydrogens (tertiary/aromatic N) is 5. The molecule has 1 aromatic carbocycles. The van der Waals surface area contributed by atoms with Gasteiger partial charge in [-0.3, -0.25) is 4.98 Å². The van der Waals surface area contributed by atoms with Crippen LogP contribution in [0.5, 0.6) is 0 Å². The summed E-state index contributed by atoms with van der Waals surface area (Å²) >= 11 is 7.54. The Balaban J connectivity index is 2.02. The number of hydrogen-bond donors (Lipinski definition) is 0. The maximum absolute atomic E-state index is 8.25. The van der Waals surface area contributed by atoms with E-state index in [4.69, 9.17) is 17.1 Å². The number of azide groups is 1. The molecule has 0 saturated carbocycles. The molecule has 0 spiro atoms. The molecule has 0 aliphatic carbocycles. The van der Waals surface area contributed by atoms with Crippen LogP contribution in [0.15, 0.2) is 46.7 Å². The quantitative estimate of drug-likeness (QED) is 0.358. The van der Waals surface area contributed by atoms with Crippen LogP contribution in [0.2, 0.25) is 5.15 Å². The van der Waals surface area contributed by atoms with Crippen LogP contribution >= 0.6 is 23.4 Å². The lowest BCUT2D eigenvalue weighted by molar-refractivity contribution is 0.916. The predicted octanol–water partition coefficient (Wildman–Crippen LogP) is 4.23. The first kappa shape index (κ1) is 13.7. The molecule has 0 aliphatic rings. The number of halogens is 1. The average Bonchev–Trinajstić information content (AvgIpc) is 2.45. The Morgan fingerprint density at radius 2 is 2.11 bits per heavy atom. The largest absolute Gasteiger partial charge is 0.255 e. The van der Waals surface area contributed by atoms with Gasteiger partial charge in [-0.15, -0.1) is 11.8 Å². The lowest BCUT2D eigenvalue weighted by atomic mass is 10.2. The third-order valence-corrected chi connectivity index (χ3v) is 3.56. The van der Waals surface area contributed by atoms with Crippen molar-refractivity contribution in [3.63, 3.8) is 0 Å². The van der Waals surface area contributed by atoms with E-state index in [1.54, 1.807) is 18.0 Å². The van der Waals surface area contributed by atoms with Gasteiger partial charge >= 0.3 is 0 Å². The first-order valence-electron chi connectivity index (χ1n) is 5.48. The standard InChI is InChI=1S/C12H10ClN5S/c13-12-10(6-16-18-14)15-7-11(17-12)19-8-9-4-2-1-3-5-9/h1-5,7H,6,8H2. The van der Waals surface area contributed by atoms with E-state index in [0.717, 1.165) is 10.8 Å². The SMILES string of the molecule is [N-]=[N+]=NCc1ncc(SCc2ccccc2)nc1Cl. The Hall–Kier alpha value is -1.75. The van der Waals surface area contributed by atoms with Gasteiger partial charge in [0.2, 0.25) is 0 Å². The van der Waals surface area contributed by atoms with Crippen LogP contribution in [0.1, 0.15) is 11.3 Å². The summed E-state index contributed by atoms with van der Waals surface area (Å²) in [5.41, 5.74) is 9.95. The molecule has 7 heteroatoms. The topological polar surface area (TPSA) is 74.5 Å². The third kappa shape index (κ3) is 4.13. The van der Waals surface area contributed by atoms with Crippen LogP contribution in [-0.2, 0) is 12.3 Å². The van der Waals surface area contributed by atoms with Gasteiger partial charge in [-0.2, -0.15) is 0 Å². The zero-order valence-corrected chi connectivity index (χ0v) is 11.5. The van der Waals surface area contributed by atoms with Crippen molar-refractivity contribution in [2.24, 2.45) is 5.11 Å². The number of thioether (sulfide) groups is 1. The minimum absolute atomic E-state index is 0.117. The van der Waals surface area contributed by atoms with E-state index in [1.165, 1.54) is 5.56 Å². The molecule has 0 atom stereocenters. The van der Waals surface area contributed by atoms with Crippen molar-refractivity contribution in [3.8, 4) is 0 Å². The van der Waals surface area contributed by atoms with E-state index < -0.39 is 0 Å². The summed E-state index contributed by atoms with van der Waals surface area (Å²) in [5.74, 6) is 0.807. The molecule has 0 unspecified atom stereocenters. The number of aromatic nitrogens is 2. The first-order chi connectivity index (χ1) is 9.29. The van der Waals surface area contributed by atoms with Crippen LogP contribution in [-0.4, -0.2) is 9.97 Å². The molecule has 2 rings (SSSR count). The van der Waals surface area contributed by atoms with Crippen molar-refractivity contribution in [1.82, 2.24) is 9.97 Å². The molecular weight excluding hydrogens is 282 g/mol. The normalized spacial score (nSPS) is 9.95. The van der Waals surface area contributed by atoms with Gasteiger partial charge in [0.05, 0.1) is 18.4 Å². The van der Waals surface area contributed by atoms with E-state index >= 15 is 0 Å². The second kappa shape index (κ2) is 6.99. The molecule has 1 heterocycles. The minimum Gasteiger partial charge on any atom is -0.255 e. The highest BCUT2D eigenvalue weighted by atomic mass is 35.5. The molecule has 0 fully saturated rings. The summed E-state index contributed by atoms with van der Waals surface area (Å²) in [5, 5.41) is 4.44. The second-order valence-electron chi connectivity index (χ2n) is 3.61. The lowest BCUT2D eigenvalue weighted by Gasteiger charge is -2.03. The minimum atomic E-state index is 0.117. The average molecular weight is 292 g/mol. The Morgan fingerprint density at radius 1 is 1.32 bits per heavy atom. The molecule has 1 aromatic heterocycles. The molecule has 0 saturated heterocycles. The fraction of sp³-hybridized carbons (Fsp3) is 0.167. The summed E-state index contributed by atoms with van der Waals surface area (Å²) in [4.78, 5) is 11.0. The van der Waals surface area contributed by atoms with Crippen molar-refractivity contribution in [2.75, 3.05) is 0 Å². The van der Waals surface area contributed by atoms with Crippen LogP contribution < -0.4 is 0 Å². The fourth-order valence-electron chi connectivity index (χ4n) is 1.38. The Morgan fingerprint density at radius 3 is 2.79 bits per heavy atom. The Bertz CT molecular complexity index is 598. The van der Waals surface area contributed by atoms with Crippen molar-refractivity contribution < 1.29 is 0 Å². The van der Waals surface area contributed by atoms with Gasteiger partial charge in [0.25, 0.3) is 0 Å².